The van der Waals surface area contributed by atoms with Gasteiger partial charge in [-0.2, -0.15) is 0 Å². The summed E-state index contributed by atoms with van der Waals surface area (Å²) >= 11 is 0. The molecule has 1 fully saturated rings. The molecule has 10 nitrogen and oxygen atoms in total. The monoisotopic (exact) mass is 510 g/mol. The first kappa shape index (κ1) is 31.8. The highest BCUT2D eigenvalue weighted by Crippen LogP contribution is 2.12. The minimum Gasteiger partial charge on any atom is -0.351 e. The van der Waals surface area contributed by atoms with Gasteiger partial charge in [-0.15, -0.1) is 0 Å². The van der Waals surface area contributed by atoms with E-state index < -0.39 is 23.9 Å². The second kappa shape index (κ2) is 19.9. The molecule has 1 heterocycles. The molecule has 8 N–H and O–H groups in total. The number of nitrogens with two attached hydrogens (primary N) is 2. The molecule has 0 aromatic carbocycles. The highest BCUT2D eigenvalue weighted by atomic mass is 16.2. The van der Waals surface area contributed by atoms with Gasteiger partial charge in [0.2, 0.25) is 23.6 Å². The first-order valence-corrected chi connectivity index (χ1v) is 14.0. The van der Waals surface area contributed by atoms with Crippen molar-refractivity contribution in [3.05, 3.63) is 0 Å². The van der Waals surface area contributed by atoms with E-state index in [0.29, 0.717) is 45.2 Å². The molecule has 0 aromatic rings. The van der Waals surface area contributed by atoms with E-state index >= 15 is 0 Å². The minimum atomic E-state index is -0.796. The van der Waals surface area contributed by atoms with Gasteiger partial charge in [0.25, 0.3) is 0 Å². The lowest BCUT2D eigenvalue weighted by Crippen LogP contribution is -2.54. The summed E-state index contributed by atoms with van der Waals surface area (Å²) in [5.74, 6) is -1.43. The van der Waals surface area contributed by atoms with Crippen LogP contribution in [0.25, 0.3) is 0 Å². The van der Waals surface area contributed by atoms with Gasteiger partial charge >= 0.3 is 0 Å². The zero-order chi connectivity index (χ0) is 26.6. The van der Waals surface area contributed by atoms with Crippen molar-refractivity contribution in [1.29, 1.82) is 0 Å². The molecule has 0 radical (unpaired) electrons. The van der Waals surface area contributed by atoms with Crippen LogP contribution in [0.2, 0.25) is 0 Å². The van der Waals surface area contributed by atoms with Crippen LogP contribution in [0.4, 0.5) is 0 Å². The van der Waals surface area contributed by atoms with Crippen molar-refractivity contribution in [3.8, 4) is 0 Å². The molecule has 0 aliphatic carbocycles. The number of nitrogens with one attached hydrogen (secondary N) is 4. The highest BCUT2D eigenvalue weighted by Gasteiger charge is 2.28. The minimum absolute atomic E-state index is 0.0934. The average molecular weight is 511 g/mol. The summed E-state index contributed by atoms with van der Waals surface area (Å²) in [6.45, 7) is 2.98. The van der Waals surface area contributed by atoms with Crippen LogP contribution in [0.15, 0.2) is 0 Å². The fourth-order valence-electron chi connectivity index (χ4n) is 4.41. The van der Waals surface area contributed by atoms with Crippen molar-refractivity contribution in [2.75, 3.05) is 19.6 Å². The Balaban J connectivity index is 2.87. The number of hydrogen-bond acceptors (Lipinski definition) is 6. The van der Waals surface area contributed by atoms with Crippen LogP contribution in [-0.2, 0) is 19.2 Å². The predicted molar refractivity (Wildman–Crippen MR) is 142 cm³/mol. The molecule has 208 valence electrons. The molecule has 36 heavy (non-hydrogen) atoms. The van der Waals surface area contributed by atoms with Crippen molar-refractivity contribution in [1.82, 2.24) is 21.3 Å². The topological polar surface area (TPSA) is 168 Å². The largest absolute Gasteiger partial charge is 0.351 e. The molecule has 0 bridgehead atoms. The zero-order valence-electron chi connectivity index (χ0n) is 22.2. The molecular weight excluding hydrogens is 460 g/mol. The summed E-state index contributed by atoms with van der Waals surface area (Å²) in [7, 11) is 0. The lowest BCUT2D eigenvalue weighted by Gasteiger charge is -2.23. The summed E-state index contributed by atoms with van der Waals surface area (Å²) < 4.78 is 0. The molecular formula is C26H50N6O4. The van der Waals surface area contributed by atoms with E-state index in [9.17, 15) is 19.2 Å². The van der Waals surface area contributed by atoms with Crippen LogP contribution in [-0.4, -0.2) is 61.4 Å². The Labute approximate surface area is 216 Å². The second-order valence-electron chi connectivity index (χ2n) is 9.85. The predicted octanol–water partition coefficient (Wildman–Crippen LogP) is 1.36. The third-order valence-corrected chi connectivity index (χ3v) is 6.55. The molecule has 3 atom stereocenters. The van der Waals surface area contributed by atoms with Gasteiger partial charge in [0.05, 0.1) is 6.54 Å². The van der Waals surface area contributed by atoms with Gasteiger partial charge < -0.3 is 32.7 Å². The summed E-state index contributed by atoms with van der Waals surface area (Å²) in [4.78, 5) is 51.3. The fraction of sp³-hybridized carbons (Fsp3) is 0.846. The zero-order valence-corrected chi connectivity index (χ0v) is 22.2. The Morgan fingerprint density at radius 1 is 0.639 bits per heavy atom. The maximum absolute atomic E-state index is 13.1. The Kier molecular flexibility index (Phi) is 17.6. The first-order chi connectivity index (χ1) is 17.4. The van der Waals surface area contributed by atoms with Gasteiger partial charge in [-0.25, -0.2) is 0 Å². The van der Waals surface area contributed by atoms with Crippen molar-refractivity contribution >= 4 is 23.6 Å². The summed E-state index contributed by atoms with van der Waals surface area (Å²) in [5.41, 5.74) is 11.2. The van der Waals surface area contributed by atoms with Crippen LogP contribution in [0, 0.1) is 0 Å². The van der Waals surface area contributed by atoms with Crippen LogP contribution in [0.3, 0.4) is 0 Å². The normalized spacial score (nSPS) is 21.9. The molecule has 0 unspecified atom stereocenters. The van der Waals surface area contributed by atoms with E-state index in [1.807, 2.05) is 0 Å². The number of rotatable bonds is 16. The number of unbranched alkanes of at least 4 members (excludes halogenated alkanes) is 8. The number of carbonyl (C=O) groups excluding carboxylic acids is 4. The van der Waals surface area contributed by atoms with E-state index in [-0.39, 0.29) is 30.8 Å². The smallest absolute Gasteiger partial charge is 0.243 e. The van der Waals surface area contributed by atoms with Crippen molar-refractivity contribution < 1.29 is 19.2 Å². The van der Waals surface area contributed by atoms with Crippen LogP contribution in [0.5, 0.6) is 0 Å². The van der Waals surface area contributed by atoms with Gasteiger partial charge in [0, 0.05) is 12.5 Å². The average Bonchev–Trinajstić information content (AvgIpc) is 2.85. The second-order valence-corrected chi connectivity index (χ2v) is 9.85. The molecule has 1 aliphatic heterocycles. The third-order valence-electron chi connectivity index (χ3n) is 6.55. The van der Waals surface area contributed by atoms with Gasteiger partial charge in [0.15, 0.2) is 0 Å². The molecule has 4 amide bonds. The first-order valence-electron chi connectivity index (χ1n) is 14.0. The lowest BCUT2D eigenvalue weighted by atomic mass is 10.0. The van der Waals surface area contributed by atoms with E-state index in [1.54, 1.807) is 0 Å². The molecule has 0 saturated carbocycles. The van der Waals surface area contributed by atoms with Gasteiger partial charge in [-0.05, 0) is 58.0 Å². The van der Waals surface area contributed by atoms with Crippen molar-refractivity contribution in [2.24, 2.45) is 11.5 Å². The molecule has 0 spiro atoms. The van der Waals surface area contributed by atoms with Crippen molar-refractivity contribution in [3.63, 3.8) is 0 Å². The van der Waals surface area contributed by atoms with Crippen LogP contribution in [0.1, 0.15) is 103 Å². The number of hydrogen-bond donors (Lipinski definition) is 6. The molecule has 1 saturated heterocycles. The summed E-state index contributed by atoms with van der Waals surface area (Å²) in [6.07, 6.45) is 12.4. The third kappa shape index (κ3) is 14.4. The van der Waals surface area contributed by atoms with Gasteiger partial charge in [-0.1, -0.05) is 51.9 Å². The SMILES string of the molecule is CCCCCCCCC[C@@H]1CC(=O)N[C@@H](CCCCN)C(=O)N[C@@H](CCCCN)C(=O)NCC(=O)N1. The van der Waals surface area contributed by atoms with E-state index in [2.05, 4.69) is 28.2 Å². The summed E-state index contributed by atoms with van der Waals surface area (Å²) in [5, 5.41) is 11.2. The molecule has 10 heteroatoms. The Hall–Kier alpha value is -2.20. The Morgan fingerprint density at radius 3 is 1.81 bits per heavy atom. The maximum atomic E-state index is 13.1. The van der Waals surface area contributed by atoms with E-state index in [1.165, 1.54) is 25.7 Å². The standard InChI is InChI=1S/C26H50N6O4/c1-2-3-4-5-6-7-8-13-20-18-23(33)31-22(15-10-12-17-28)26(36)32-21(14-9-11-16-27)25(35)29-19-24(34)30-20/h20-22H,2-19,27-28H2,1H3,(H,29,35)(H,30,34)(H,31,33)(H,32,36)/t20-,21+,22+/m1/s1. The Morgan fingerprint density at radius 2 is 1.19 bits per heavy atom. The van der Waals surface area contributed by atoms with E-state index in [4.69, 9.17) is 11.5 Å². The lowest BCUT2D eigenvalue weighted by molar-refractivity contribution is -0.132. The molecule has 1 aliphatic rings. The number of carbonyl (C=O) groups is 4. The van der Waals surface area contributed by atoms with Crippen LogP contribution < -0.4 is 32.7 Å². The molecule has 1 rings (SSSR count). The Bertz CT molecular complexity index is 660. The van der Waals surface area contributed by atoms with Gasteiger partial charge in [0.1, 0.15) is 12.1 Å². The molecule has 0 aromatic heterocycles. The van der Waals surface area contributed by atoms with Crippen molar-refractivity contribution in [2.45, 2.75) is 121 Å². The maximum Gasteiger partial charge on any atom is 0.243 e. The summed E-state index contributed by atoms with van der Waals surface area (Å²) in [6, 6.07) is -1.90. The van der Waals surface area contributed by atoms with Gasteiger partial charge in [-0.3, -0.25) is 19.2 Å². The van der Waals surface area contributed by atoms with Crippen LogP contribution >= 0.6 is 0 Å². The highest BCUT2D eigenvalue weighted by molar-refractivity contribution is 5.94. The fourth-order valence-corrected chi connectivity index (χ4v) is 4.41. The van der Waals surface area contributed by atoms with E-state index in [0.717, 1.165) is 32.1 Å². The quantitative estimate of drug-likeness (QED) is 0.171. The number of amides is 4.